The van der Waals surface area contributed by atoms with Gasteiger partial charge in [-0.25, -0.2) is 4.79 Å². The molecule has 0 aromatic rings. The minimum absolute atomic E-state index is 0.0479. The van der Waals surface area contributed by atoms with Crippen molar-refractivity contribution in [2.45, 2.75) is 48.0 Å². The van der Waals surface area contributed by atoms with Crippen molar-refractivity contribution in [1.82, 2.24) is 4.90 Å². The second-order valence-corrected chi connectivity index (χ2v) is 6.04. The van der Waals surface area contributed by atoms with Crippen LogP contribution in [0.2, 0.25) is 0 Å². The molecule has 98 valence electrons. The fraction of sp³-hybridized carbons (Fsp3) is 0.786. The van der Waals surface area contributed by atoms with E-state index >= 15 is 0 Å². The van der Waals surface area contributed by atoms with Crippen molar-refractivity contribution in [3.63, 3.8) is 0 Å². The molecule has 17 heavy (non-hydrogen) atoms. The number of nitrogens with zero attached hydrogens (tertiary/aromatic N) is 1. The molecule has 3 heteroatoms. The van der Waals surface area contributed by atoms with Crippen molar-refractivity contribution in [2.24, 2.45) is 11.3 Å². The molecule has 1 heterocycles. The van der Waals surface area contributed by atoms with E-state index < -0.39 is 0 Å². The molecule has 0 fully saturated rings. The van der Waals surface area contributed by atoms with Gasteiger partial charge in [0.1, 0.15) is 5.76 Å². The zero-order chi connectivity index (χ0) is 13.2. The number of carbonyl (C=O) groups is 1. The lowest BCUT2D eigenvalue weighted by molar-refractivity contribution is 0.104. The van der Waals surface area contributed by atoms with Crippen LogP contribution in [-0.2, 0) is 4.74 Å². The quantitative estimate of drug-likeness (QED) is 0.749. The average Bonchev–Trinajstić information content (AvgIpc) is 2.18. The Kier molecular flexibility index (Phi) is 4.23. The third kappa shape index (κ3) is 3.24. The van der Waals surface area contributed by atoms with E-state index in [0.717, 1.165) is 18.7 Å². The first kappa shape index (κ1) is 14.1. The minimum atomic E-state index is -0.191. The second kappa shape index (κ2) is 5.11. The van der Waals surface area contributed by atoms with Crippen LogP contribution >= 0.6 is 0 Å². The SMILES string of the molecule is CCCN1CC(C(C)(C)C)=C(C(C)C)OC1=O. The first-order valence-corrected chi connectivity index (χ1v) is 6.47. The van der Waals surface area contributed by atoms with Crippen LogP contribution in [0.15, 0.2) is 11.3 Å². The average molecular weight is 239 g/mol. The van der Waals surface area contributed by atoms with Crippen molar-refractivity contribution in [3.05, 3.63) is 11.3 Å². The van der Waals surface area contributed by atoms with Gasteiger partial charge in [0.2, 0.25) is 0 Å². The molecule has 0 aromatic heterocycles. The third-order valence-corrected chi connectivity index (χ3v) is 3.03. The molecule has 1 amide bonds. The number of allylic oxidation sites excluding steroid dienone is 1. The Morgan fingerprint density at radius 3 is 2.35 bits per heavy atom. The van der Waals surface area contributed by atoms with Gasteiger partial charge < -0.3 is 9.64 Å². The maximum atomic E-state index is 11.8. The molecule has 0 unspecified atom stereocenters. The number of ether oxygens (including phenoxy) is 1. The summed E-state index contributed by atoms with van der Waals surface area (Å²) in [6, 6.07) is 0. The number of amides is 1. The number of hydrogen-bond donors (Lipinski definition) is 0. The van der Waals surface area contributed by atoms with Crippen molar-refractivity contribution in [2.75, 3.05) is 13.1 Å². The molecule has 1 aliphatic heterocycles. The maximum Gasteiger partial charge on any atom is 0.415 e. The molecule has 0 atom stereocenters. The van der Waals surface area contributed by atoms with E-state index in [4.69, 9.17) is 4.74 Å². The van der Waals surface area contributed by atoms with Crippen molar-refractivity contribution in [1.29, 1.82) is 0 Å². The molecule has 0 saturated heterocycles. The maximum absolute atomic E-state index is 11.8. The van der Waals surface area contributed by atoms with Gasteiger partial charge in [-0.3, -0.25) is 0 Å². The third-order valence-electron chi connectivity index (χ3n) is 3.03. The van der Waals surface area contributed by atoms with Gasteiger partial charge in [0, 0.05) is 19.0 Å². The van der Waals surface area contributed by atoms with Gasteiger partial charge in [-0.2, -0.15) is 0 Å². The van der Waals surface area contributed by atoms with Crippen LogP contribution in [0.5, 0.6) is 0 Å². The summed E-state index contributed by atoms with van der Waals surface area (Å²) in [6.45, 7) is 14.2. The molecule has 1 aliphatic rings. The van der Waals surface area contributed by atoms with E-state index in [0.29, 0.717) is 6.54 Å². The fourth-order valence-electron chi connectivity index (χ4n) is 2.07. The Bertz CT molecular complexity index is 324. The zero-order valence-corrected chi connectivity index (χ0v) is 12.0. The Hall–Kier alpha value is -0.990. The highest BCUT2D eigenvalue weighted by Crippen LogP contribution is 2.35. The molecular weight excluding hydrogens is 214 g/mol. The van der Waals surface area contributed by atoms with Crippen LogP contribution in [-0.4, -0.2) is 24.1 Å². The number of hydrogen-bond acceptors (Lipinski definition) is 2. The number of cyclic esters (lactones) is 1. The first-order valence-electron chi connectivity index (χ1n) is 6.47. The molecular formula is C14H25NO2. The van der Waals surface area contributed by atoms with E-state index in [-0.39, 0.29) is 17.4 Å². The van der Waals surface area contributed by atoms with Crippen LogP contribution in [0.1, 0.15) is 48.0 Å². The molecule has 0 aliphatic carbocycles. The summed E-state index contributed by atoms with van der Waals surface area (Å²) in [4.78, 5) is 13.6. The van der Waals surface area contributed by atoms with Gasteiger partial charge in [0.05, 0.1) is 0 Å². The summed E-state index contributed by atoms with van der Waals surface area (Å²) >= 11 is 0. The van der Waals surface area contributed by atoms with Crippen LogP contribution in [0, 0.1) is 11.3 Å². The predicted octanol–water partition coefficient (Wildman–Crippen LogP) is 3.80. The Morgan fingerprint density at radius 1 is 1.35 bits per heavy atom. The number of carbonyl (C=O) groups excluding carboxylic acids is 1. The summed E-state index contributed by atoms with van der Waals surface area (Å²) < 4.78 is 5.52. The predicted molar refractivity (Wildman–Crippen MR) is 69.7 cm³/mol. The van der Waals surface area contributed by atoms with E-state index in [1.807, 2.05) is 0 Å². The molecule has 0 aromatic carbocycles. The second-order valence-electron chi connectivity index (χ2n) is 6.04. The van der Waals surface area contributed by atoms with Gasteiger partial charge in [-0.05, 0) is 17.4 Å². The zero-order valence-electron chi connectivity index (χ0n) is 12.0. The van der Waals surface area contributed by atoms with Gasteiger partial charge in [-0.1, -0.05) is 41.5 Å². The minimum Gasteiger partial charge on any atom is -0.414 e. The highest BCUT2D eigenvalue weighted by atomic mass is 16.6. The summed E-state index contributed by atoms with van der Waals surface area (Å²) in [6.07, 6.45) is 0.771. The molecule has 3 nitrogen and oxygen atoms in total. The lowest BCUT2D eigenvalue weighted by Gasteiger charge is -2.36. The molecule has 0 spiro atoms. The van der Waals surface area contributed by atoms with Gasteiger partial charge in [-0.15, -0.1) is 0 Å². The Labute approximate surface area is 105 Å². The molecule has 0 saturated carbocycles. The number of rotatable bonds is 3. The standard InChI is InChI=1S/C14H25NO2/c1-7-8-15-9-11(14(4,5)6)12(10(2)3)17-13(15)16/h10H,7-9H2,1-6H3. The van der Waals surface area contributed by atoms with Crippen molar-refractivity contribution in [3.8, 4) is 0 Å². The summed E-state index contributed by atoms with van der Waals surface area (Å²) in [7, 11) is 0. The van der Waals surface area contributed by atoms with Crippen LogP contribution in [0.25, 0.3) is 0 Å². The van der Waals surface area contributed by atoms with E-state index in [2.05, 4.69) is 41.5 Å². The Morgan fingerprint density at radius 2 is 1.94 bits per heavy atom. The lowest BCUT2D eigenvalue weighted by atomic mass is 9.82. The van der Waals surface area contributed by atoms with E-state index in [9.17, 15) is 4.79 Å². The van der Waals surface area contributed by atoms with Crippen molar-refractivity contribution < 1.29 is 9.53 Å². The lowest BCUT2D eigenvalue weighted by Crippen LogP contribution is -2.41. The topological polar surface area (TPSA) is 29.5 Å². The monoisotopic (exact) mass is 239 g/mol. The van der Waals surface area contributed by atoms with Gasteiger partial charge in [0.25, 0.3) is 0 Å². The fourth-order valence-corrected chi connectivity index (χ4v) is 2.07. The van der Waals surface area contributed by atoms with E-state index in [1.54, 1.807) is 4.90 Å². The molecule has 1 rings (SSSR count). The summed E-state index contributed by atoms with van der Waals surface area (Å²) in [5.41, 5.74) is 1.30. The summed E-state index contributed by atoms with van der Waals surface area (Å²) in [5, 5.41) is 0. The van der Waals surface area contributed by atoms with Crippen LogP contribution in [0.3, 0.4) is 0 Å². The van der Waals surface area contributed by atoms with Crippen molar-refractivity contribution >= 4 is 6.09 Å². The molecule has 0 radical (unpaired) electrons. The molecule has 0 N–H and O–H groups in total. The largest absolute Gasteiger partial charge is 0.415 e. The Balaban J connectivity index is 3.06. The first-order chi connectivity index (χ1) is 7.77. The highest BCUT2D eigenvalue weighted by Gasteiger charge is 2.33. The van der Waals surface area contributed by atoms with E-state index in [1.165, 1.54) is 5.57 Å². The summed E-state index contributed by atoms with van der Waals surface area (Å²) in [5.74, 6) is 1.13. The van der Waals surface area contributed by atoms with Gasteiger partial charge in [0.15, 0.2) is 0 Å². The highest BCUT2D eigenvalue weighted by molar-refractivity contribution is 5.71. The molecule has 0 bridgehead atoms. The smallest absolute Gasteiger partial charge is 0.414 e. The normalized spacial score (nSPS) is 17.8. The van der Waals surface area contributed by atoms with Crippen LogP contribution in [0.4, 0.5) is 4.79 Å². The van der Waals surface area contributed by atoms with Crippen LogP contribution < -0.4 is 0 Å². The van der Waals surface area contributed by atoms with Gasteiger partial charge >= 0.3 is 6.09 Å².